The van der Waals surface area contributed by atoms with Crippen molar-refractivity contribution in [1.29, 1.82) is 0 Å². The van der Waals surface area contributed by atoms with Gasteiger partial charge in [0.15, 0.2) is 0 Å². The van der Waals surface area contributed by atoms with Crippen LogP contribution in [0.3, 0.4) is 0 Å². The van der Waals surface area contributed by atoms with Crippen molar-refractivity contribution < 1.29 is 23.8 Å². The highest BCUT2D eigenvalue weighted by Gasteiger charge is 2.39. The predicted octanol–water partition coefficient (Wildman–Crippen LogP) is 1.73. The first-order valence-corrected chi connectivity index (χ1v) is 6.78. The summed E-state index contributed by atoms with van der Waals surface area (Å²) in [5.74, 6) is -0.462. The van der Waals surface area contributed by atoms with Crippen LogP contribution in [0.4, 0.5) is 4.79 Å². The van der Waals surface area contributed by atoms with E-state index in [0.717, 1.165) is 6.42 Å². The van der Waals surface area contributed by atoms with Crippen molar-refractivity contribution in [3.63, 3.8) is 0 Å². The number of furan rings is 1. The van der Waals surface area contributed by atoms with E-state index in [1.807, 2.05) is 20.8 Å². The van der Waals surface area contributed by atoms with Crippen LogP contribution in [-0.2, 0) is 11.3 Å². The number of amides is 1. The minimum absolute atomic E-state index is 0.0359. The zero-order valence-corrected chi connectivity index (χ0v) is 12.3. The molecule has 2 atom stereocenters. The second-order valence-corrected chi connectivity index (χ2v) is 6.08. The van der Waals surface area contributed by atoms with Gasteiger partial charge in [-0.05, 0) is 33.3 Å². The number of hydrogen-bond donors (Lipinski definition) is 3. The average molecular weight is 296 g/mol. The van der Waals surface area contributed by atoms with Crippen LogP contribution in [-0.4, -0.2) is 34.9 Å². The van der Waals surface area contributed by atoms with E-state index in [-0.39, 0.29) is 17.6 Å². The Kier molecular flexibility index (Phi) is 4.22. The van der Waals surface area contributed by atoms with Gasteiger partial charge in [0.2, 0.25) is 0 Å². The Morgan fingerprint density at radius 1 is 1.43 bits per heavy atom. The number of aromatic carboxylic acids is 1. The molecule has 3 N–H and O–H groups in total. The molecule has 1 amide bonds. The van der Waals surface area contributed by atoms with Gasteiger partial charge < -0.3 is 24.9 Å². The fourth-order valence-corrected chi connectivity index (χ4v) is 1.86. The lowest BCUT2D eigenvalue weighted by Gasteiger charge is -2.19. The molecule has 0 aliphatic heterocycles. The number of carbonyl (C=O) groups is 2. The lowest BCUT2D eigenvalue weighted by atomic mass is 10.2. The van der Waals surface area contributed by atoms with E-state index >= 15 is 0 Å². The highest BCUT2D eigenvalue weighted by atomic mass is 16.6. The number of rotatable bonds is 5. The fourth-order valence-electron chi connectivity index (χ4n) is 1.86. The summed E-state index contributed by atoms with van der Waals surface area (Å²) in [7, 11) is 0. The third-order valence-corrected chi connectivity index (χ3v) is 2.93. The summed E-state index contributed by atoms with van der Waals surface area (Å²) < 4.78 is 10.3. The zero-order chi connectivity index (χ0) is 15.6. The van der Waals surface area contributed by atoms with Crippen molar-refractivity contribution in [2.75, 3.05) is 0 Å². The van der Waals surface area contributed by atoms with Gasteiger partial charge in [0, 0.05) is 12.1 Å². The van der Waals surface area contributed by atoms with Crippen LogP contribution in [0.5, 0.6) is 0 Å². The first kappa shape index (κ1) is 15.4. The van der Waals surface area contributed by atoms with Crippen LogP contribution < -0.4 is 10.6 Å². The number of carbonyl (C=O) groups excluding carboxylic acids is 1. The topological polar surface area (TPSA) is 101 Å². The van der Waals surface area contributed by atoms with Crippen LogP contribution in [0.2, 0.25) is 0 Å². The minimum atomic E-state index is -1.01. The molecule has 0 aromatic carbocycles. The molecule has 0 radical (unpaired) electrons. The van der Waals surface area contributed by atoms with E-state index in [4.69, 9.17) is 14.3 Å². The molecule has 2 rings (SSSR count). The lowest BCUT2D eigenvalue weighted by Crippen LogP contribution is -2.36. The van der Waals surface area contributed by atoms with Crippen molar-refractivity contribution in [1.82, 2.24) is 10.6 Å². The van der Waals surface area contributed by atoms with Crippen LogP contribution in [0.15, 0.2) is 16.7 Å². The van der Waals surface area contributed by atoms with Crippen molar-refractivity contribution in [2.24, 2.45) is 0 Å². The van der Waals surface area contributed by atoms with Crippen LogP contribution in [0.25, 0.3) is 0 Å². The van der Waals surface area contributed by atoms with Crippen LogP contribution in [0, 0.1) is 0 Å². The maximum Gasteiger partial charge on any atom is 0.407 e. The van der Waals surface area contributed by atoms with E-state index in [0.29, 0.717) is 12.3 Å². The molecule has 21 heavy (non-hydrogen) atoms. The third-order valence-electron chi connectivity index (χ3n) is 2.93. The lowest BCUT2D eigenvalue weighted by molar-refractivity contribution is 0.0521. The summed E-state index contributed by atoms with van der Waals surface area (Å²) in [5, 5.41) is 14.7. The molecule has 7 nitrogen and oxygen atoms in total. The van der Waals surface area contributed by atoms with Gasteiger partial charge in [-0.15, -0.1) is 0 Å². The van der Waals surface area contributed by atoms with Gasteiger partial charge >= 0.3 is 12.1 Å². The molecule has 1 aliphatic rings. The third kappa shape index (κ3) is 4.78. The largest absolute Gasteiger partial charge is 0.478 e. The Labute approximate surface area is 122 Å². The maximum absolute atomic E-state index is 11.6. The molecule has 1 aromatic rings. The first-order valence-electron chi connectivity index (χ1n) is 6.78. The molecule has 1 heterocycles. The Morgan fingerprint density at radius 3 is 2.71 bits per heavy atom. The van der Waals surface area contributed by atoms with E-state index < -0.39 is 17.7 Å². The monoisotopic (exact) mass is 296 g/mol. The van der Waals surface area contributed by atoms with Gasteiger partial charge in [-0.1, -0.05) is 0 Å². The summed E-state index contributed by atoms with van der Waals surface area (Å²) in [5.41, 5.74) is -0.380. The molecule has 7 heteroatoms. The van der Waals surface area contributed by atoms with Gasteiger partial charge in [0.1, 0.15) is 17.6 Å². The zero-order valence-electron chi connectivity index (χ0n) is 12.3. The number of alkyl carbamates (subject to hydrolysis) is 1. The van der Waals surface area contributed by atoms with E-state index in [1.165, 1.54) is 12.3 Å². The molecule has 0 bridgehead atoms. The summed E-state index contributed by atoms with van der Waals surface area (Å²) in [4.78, 5) is 22.3. The van der Waals surface area contributed by atoms with Crippen molar-refractivity contribution in [2.45, 2.75) is 51.4 Å². The molecule has 1 aromatic heterocycles. The Bertz CT molecular complexity index is 532. The second-order valence-electron chi connectivity index (χ2n) is 6.08. The average Bonchev–Trinajstić information content (AvgIpc) is 2.87. The van der Waals surface area contributed by atoms with Crippen LogP contribution >= 0.6 is 0 Å². The molecular weight excluding hydrogens is 276 g/mol. The van der Waals surface area contributed by atoms with Gasteiger partial charge in [-0.25, -0.2) is 9.59 Å². The second kappa shape index (κ2) is 5.77. The normalized spacial score (nSPS) is 20.9. The molecule has 1 aliphatic carbocycles. The summed E-state index contributed by atoms with van der Waals surface area (Å²) in [6.45, 7) is 5.86. The molecule has 1 saturated carbocycles. The number of carboxylic acid groups (broad SMARTS) is 1. The quantitative estimate of drug-likeness (QED) is 0.765. The maximum atomic E-state index is 11.6. The fraction of sp³-hybridized carbons (Fsp3) is 0.571. The first-order chi connectivity index (χ1) is 9.74. The van der Waals surface area contributed by atoms with Crippen LogP contribution in [0.1, 0.15) is 43.3 Å². The number of carboxylic acids is 1. The van der Waals surface area contributed by atoms with Gasteiger partial charge in [-0.3, -0.25) is 0 Å². The smallest absolute Gasteiger partial charge is 0.407 e. The summed E-state index contributed by atoms with van der Waals surface area (Å²) in [6.07, 6.45) is 1.59. The number of ether oxygens (including phenoxy) is 1. The standard InChI is InChI=1S/C14H20N2O5/c1-14(2,3)21-13(19)16-11-5-10(11)15-6-9-4-8(7-20-9)12(17)18/h4,7,10-11,15H,5-6H2,1-3H3,(H,16,19)(H,17,18). The molecular formula is C14H20N2O5. The van der Waals surface area contributed by atoms with Gasteiger partial charge in [0.05, 0.1) is 12.1 Å². The highest BCUT2D eigenvalue weighted by Crippen LogP contribution is 2.22. The summed E-state index contributed by atoms with van der Waals surface area (Å²) in [6, 6.07) is 1.67. The molecule has 116 valence electrons. The molecule has 0 spiro atoms. The Balaban J connectivity index is 1.70. The van der Waals surface area contributed by atoms with Crippen molar-refractivity contribution in [3.05, 3.63) is 23.7 Å². The Hall–Kier alpha value is -2.02. The molecule has 1 fully saturated rings. The number of hydrogen-bond acceptors (Lipinski definition) is 5. The van der Waals surface area contributed by atoms with Crippen molar-refractivity contribution >= 4 is 12.1 Å². The SMILES string of the molecule is CC(C)(C)OC(=O)NC1CC1NCc1cc(C(=O)O)co1. The molecule has 0 saturated heterocycles. The van der Waals surface area contributed by atoms with Gasteiger partial charge in [0.25, 0.3) is 0 Å². The van der Waals surface area contributed by atoms with Gasteiger partial charge in [-0.2, -0.15) is 0 Å². The predicted molar refractivity (Wildman–Crippen MR) is 74.1 cm³/mol. The Morgan fingerprint density at radius 2 is 2.14 bits per heavy atom. The van der Waals surface area contributed by atoms with E-state index in [1.54, 1.807) is 0 Å². The molecule has 2 unspecified atom stereocenters. The minimum Gasteiger partial charge on any atom is -0.478 e. The van der Waals surface area contributed by atoms with E-state index in [9.17, 15) is 9.59 Å². The highest BCUT2D eigenvalue weighted by molar-refractivity contribution is 5.87. The van der Waals surface area contributed by atoms with Crippen molar-refractivity contribution in [3.8, 4) is 0 Å². The number of nitrogens with one attached hydrogen (secondary N) is 2. The van der Waals surface area contributed by atoms with E-state index in [2.05, 4.69) is 10.6 Å². The summed E-state index contributed by atoms with van der Waals surface area (Å²) >= 11 is 0.